The molecule has 0 fully saturated rings. The average molecular weight is 452 g/mol. The number of hydrogen-bond donors (Lipinski definition) is 1. The second-order valence-electron chi connectivity index (χ2n) is 8.00. The van der Waals surface area contributed by atoms with Gasteiger partial charge in [0, 0.05) is 16.1 Å². The van der Waals surface area contributed by atoms with Crippen molar-refractivity contribution in [2.24, 2.45) is 0 Å². The summed E-state index contributed by atoms with van der Waals surface area (Å²) in [5.41, 5.74) is 5.83. The van der Waals surface area contributed by atoms with E-state index in [9.17, 15) is 4.79 Å². The van der Waals surface area contributed by atoms with E-state index in [0.717, 1.165) is 33.8 Å². The zero-order valence-corrected chi connectivity index (χ0v) is 20.0. The average Bonchev–Trinajstić information content (AvgIpc) is 2.76. The van der Waals surface area contributed by atoms with Crippen LogP contribution in [0.4, 0.5) is 0 Å². The molecule has 1 atom stereocenters. The molecule has 0 aliphatic heterocycles. The highest BCUT2D eigenvalue weighted by Crippen LogP contribution is 2.27. The Bertz CT molecular complexity index is 1090. The van der Waals surface area contributed by atoms with Crippen LogP contribution < -0.4 is 14.8 Å². The van der Waals surface area contributed by atoms with Gasteiger partial charge in [0.1, 0.15) is 18.1 Å². The fourth-order valence-corrected chi connectivity index (χ4v) is 3.68. The Labute approximate surface area is 195 Å². The molecule has 0 saturated carbocycles. The summed E-state index contributed by atoms with van der Waals surface area (Å²) in [5.74, 6) is 1.41. The zero-order chi connectivity index (χ0) is 23.3. The van der Waals surface area contributed by atoms with E-state index in [1.807, 2.05) is 56.3 Å². The Hall–Kier alpha value is -2.98. The summed E-state index contributed by atoms with van der Waals surface area (Å²) in [6, 6.07) is 16.9. The molecule has 3 aromatic rings. The van der Waals surface area contributed by atoms with E-state index in [1.54, 1.807) is 6.07 Å². The van der Waals surface area contributed by atoms with Gasteiger partial charge in [0.15, 0.2) is 0 Å². The fourth-order valence-electron chi connectivity index (χ4n) is 3.55. The van der Waals surface area contributed by atoms with Crippen molar-refractivity contribution in [3.63, 3.8) is 0 Å². The largest absolute Gasteiger partial charge is 0.493 e. The highest BCUT2D eigenvalue weighted by molar-refractivity contribution is 6.30. The van der Waals surface area contributed by atoms with Gasteiger partial charge in [-0.15, -0.1) is 0 Å². The smallest absolute Gasteiger partial charge is 0.251 e. The molecule has 0 aliphatic carbocycles. The Kier molecular flexibility index (Phi) is 7.81. The van der Waals surface area contributed by atoms with Crippen LogP contribution in [0, 0.1) is 20.8 Å². The molecule has 32 heavy (non-hydrogen) atoms. The monoisotopic (exact) mass is 451 g/mol. The number of aryl methyl sites for hydroxylation is 2. The topological polar surface area (TPSA) is 47.6 Å². The van der Waals surface area contributed by atoms with Crippen LogP contribution in [0.25, 0.3) is 0 Å². The lowest BCUT2D eigenvalue weighted by Crippen LogP contribution is -2.26. The Balaban J connectivity index is 1.79. The fraction of sp³-hybridized carbons (Fsp3) is 0.296. The van der Waals surface area contributed by atoms with Gasteiger partial charge in [0.2, 0.25) is 0 Å². The highest BCUT2D eigenvalue weighted by atomic mass is 35.5. The summed E-state index contributed by atoms with van der Waals surface area (Å²) in [7, 11) is 0. The molecule has 0 saturated heterocycles. The molecule has 3 rings (SSSR count). The van der Waals surface area contributed by atoms with E-state index in [2.05, 4.69) is 32.2 Å². The first-order valence-electron chi connectivity index (χ1n) is 10.8. The first-order chi connectivity index (χ1) is 15.3. The van der Waals surface area contributed by atoms with Gasteiger partial charge in [-0.2, -0.15) is 0 Å². The van der Waals surface area contributed by atoms with Crippen molar-refractivity contribution in [2.75, 3.05) is 6.61 Å². The van der Waals surface area contributed by atoms with Crippen molar-refractivity contribution in [3.8, 4) is 11.5 Å². The highest BCUT2D eigenvalue weighted by Gasteiger charge is 2.15. The summed E-state index contributed by atoms with van der Waals surface area (Å²) in [5, 5.41) is 3.71. The maximum absolute atomic E-state index is 12.9. The van der Waals surface area contributed by atoms with Gasteiger partial charge >= 0.3 is 0 Å². The van der Waals surface area contributed by atoms with Crippen LogP contribution >= 0.6 is 11.6 Å². The molecule has 1 amide bonds. The van der Waals surface area contributed by atoms with E-state index < -0.39 is 0 Å². The molecular formula is C27H30ClNO3. The van der Waals surface area contributed by atoms with Crippen LogP contribution in [-0.4, -0.2) is 12.5 Å². The van der Waals surface area contributed by atoms with Crippen LogP contribution in [0.2, 0.25) is 5.02 Å². The van der Waals surface area contributed by atoms with Crippen molar-refractivity contribution in [2.45, 2.75) is 47.3 Å². The Morgan fingerprint density at radius 3 is 2.38 bits per heavy atom. The number of nitrogens with one attached hydrogen (secondary N) is 1. The summed E-state index contributed by atoms with van der Waals surface area (Å²) < 4.78 is 11.9. The molecule has 0 radical (unpaired) electrons. The van der Waals surface area contributed by atoms with Gasteiger partial charge in [0.25, 0.3) is 5.91 Å². The lowest BCUT2D eigenvalue weighted by atomic mass is 10.1. The van der Waals surface area contributed by atoms with Crippen LogP contribution in [0.3, 0.4) is 0 Å². The number of ether oxygens (including phenoxy) is 2. The first-order valence-corrected chi connectivity index (χ1v) is 11.2. The molecule has 0 bridgehead atoms. The Morgan fingerprint density at radius 1 is 0.969 bits per heavy atom. The molecule has 0 spiro atoms. The standard InChI is InChI=1S/C27H30ClNO3/c1-6-31-25-12-9-22(27(30)29-20(5)21-7-10-24(28)11-8-21)15-23(25)16-32-26-14-17(2)13-18(3)19(26)4/h7-15,20H,6,16H2,1-5H3,(H,29,30)/t20-/m1/s1. The van der Waals surface area contributed by atoms with Crippen molar-refractivity contribution >= 4 is 17.5 Å². The predicted octanol–water partition coefficient (Wildman–Crippen LogP) is 6.73. The molecule has 0 aromatic heterocycles. The van der Waals surface area contributed by atoms with E-state index in [1.165, 1.54) is 5.56 Å². The number of hydrogen-bond acceptors (Lipinski definition) is 3. The van der Waals surface area contributed by atoms with Crippen LogP contribution in [0.15, 0.2) is 54.6 Å². The second-order valence-corrected chi connectivity index (χ2v) is 8.43. The third-order valence-electron chi connectivity index (χ3n) is 5.49. The number of rotatable bonds is 8. The molecule has 5 heteroatoms. The van der Waals surface area contributed by atoms with E-state index >= 15 is 0 Å². The van der Waals surface area contributed by atoms with E-state index in [4.69, 9.17) is 21.1 Å². The molecular weight excluding hydrogens is 422 g/mol. The van der Waals surface area contributed by atoms with Gasteiger partial charge in [-0.25, -0.2) is 0 Å². The molecule has 3 aromatic carbocycles. The molecule has 0 heterocycles. The summed E-state index contributed by atoms with van der Waals surface area (Å²) in [6.07, 6.45) is 0. The molecule has 4 nitrogen and oxygen atoms in total. The molecule has 1 N–H and O–H groups in total. The van der Waals surface area contributed by atoms with Gasteiger partial charge in [0.05, 0.1) is 12.6 Å². The van der Waals surface area contributed by atoms with Crippen molar-refractivity contribution in [1.82, 2.24) is 5.32 Å². The van der Waals surface area contributed by atoms with E-state index in [-0.39, 0.29) is 11.9 Å². The number of halogens is 1. The SMILES string of the molecule is CCOc1ccc(C(=O)N[C@H](C)c2ccc(Cl)cc2)cc1COc1cc(C)cc(C)c1C. The number of amides is 1. The summed E-state index contributed by atoms with van der Waals surface area (Å²) in [6.45, 7) is 10.9. The maximum atomic E-state index is 12.9. The third-order valence-corrected chi connectivity index (χ3v) is 5.74. The van der Waals surface area contributed by atoms with Gasteiger partial charge in [-0.3, -0.25) is 4.79 Å². The summed E-state index contributed by atoms with van der Waals surface area (Å²) in [4.78, 5) is 12.9. The number of carbonyl (C=O) groups excluding carboxylic acids is 1. The van der Waals surface area contributed by atoms with E-state index in [0.29, 0.717) is 23.8 Å². The quantitative estimate of drug-likeness (QED) is 0.412. The van der Waals surface area contributed by atoms with Crippen molar-refractivity contribution in [1.29, 1.82) is 0 Å². The normalized spacial score (nSPS) is 11.7. The summed E-state index contributed by atoms with van der Waals surface area (Å²) >= 11 is 5.97. The molecule has 0 aliphatic rings. The minimum absolute atomic E-state index is 0.149. The van der Waals surface area contributed by atoms with Crippen LogP contribution in [-0.2, 0) is 6.61 Å². The minimum Gasteiger partial charge on any atom is -0.493 e. The lowest BCUT2D eigenvalue weighted by molar-refractivity contribution is 0.0939. The molecule has 0 unspecified atom stereocenters. The van der Waals surface area contributed by atoms with Gasteiger partial charge < -0.3 is 14.8 Å². The Morgan fingerprint density at radius 2 is 1.69 bits per heavy atom. The minimum atomic E-state index is -0.153. The predicted molar refractivity (Wildman–Crippen MR) is 130 cm³/mol. The van der Waals surface area contributed by atoms with Crippen molar-refractivity contribution in [3.05, 3.63) is 93.0 Å². The number of carbonyl (C=O) groups is 1. The third kappa shape index (κ3) is 5.83. The maximum Gasteiger partial charge on any atom is 0.251 e. The second kappa shape index (κ2) is 10.6. The lowest BCUT2D eigenvalue weighted by Gasteiger charge is -2.17. The van der Waals surface area contributed by atoms with Gasteiger partial charge in [-0.1, -0.05) is 29.8 Å². The van der Waals surface area contributed by atoms with Crippen LogP contribution in [0.5, 0.6) is 11.5 Å². The first kappa shape index (κ1) is 23.7. The molecule has 168 valence electrons. The number of benzene rings is 3. The van der Waals surface area contributed by atoms with Crippen LogP contribution in [0.1, 0.15) is 58.1 Å². The van der Waals surface area contributed by atoms with Crippen molar-refractivity contribution < 1.29 is 14.3 Å². The zero-order valence-electron chi connectivity index (χ0n) is 19.3. The van der Waals surface area contributed by atoms with Gasteiger partial charge in [-0.05, 0) is 93.3 Å².